The first-order chi connectivity index (χ1) is 33.1. The first-order valence-electron chi connectivity index (χ1n) is 28.1. The van der Waals surface area contributed by atoms with E-state index in [2.05, 4.69) is 42.3 Å². The van der Waals surface area contributed by atoms with Crippen LogP contribution in [0.25, 0.3) is 0 Å². The van der Waals surface area contributed by atoms with E-state index in [0.717, 1.165) is 51.4 Å². The molecule has 0 aromatic carbocycles. The smallest absolute Gasteiger partial charge is 0.397 e. The maximum absolute atomic E-state index is 12.9. The molecule has 0 radical (unpaired) electrons. The highest BCUT2D eigenvalue weighted by Crippen LogP contribution is 2.26. The van der Waals surface area contributed by atoms with E-state index in [1.807, 2.05) is 0 Å². The van der Waals surface area contributed by atoms with Crippen molar-refractivity contribution in [1.29, 1.82) is 0 Å². The number of allylic oxidation sites excluding steroid dienone is 4. The SMILES string of the molecule is CCCCC/C=C\C/C=C\CCCCCCCCCC(=O)OC(COCCCCCCCCCCCCCCCCCCCCCCCCCC)COC1OC(CO)C(O)C(OS(=O)(=O)O)C1O. The third-order valence-corrected chi connectivity index (χ3v) is 13.5. The summed E-state index contributed by atoms with van der Waals surface area (Å²) >= 11 is 0. The van der Waals surface area contributed by atoms with E-state index in [4.69, 9.17) is 18.9 Å². The summed E-state index contributed by atoms with van der Waals surface area (Å²) < 4.78 is 59.4. The van der Waals surface area contributed by atoms with Crippen molar-refractivity contribution >= 4 is 16.4 Å². The quantitative estimate of drug-likeness (QED) is 0.0196. The lowest BCUT2D eigenvalue weighted by atomic mass is 9.99. The van der Waals surface area contributed by atoms with E-state index >= 15 is 0 Å². The Morgan fingerprint density at radius 2 is 0.971 bits per heavy atom. The summed E-state index contributed by atoms with van der Waals surface area (Å²) in [5.41, 5.74) is 0. The molecular weight excluding hydrogens is 885 g/mol. The van der Waals surface area contributed by atoms with Crippen LogP contribution in [0.5, 0.6) is 0 Å². The highest BCUT2D eigenvalue weighted by Gasteiger charge is 2.48. The lowest BCUT2D eigenvalue weighted by Crippen LogP contribution is -2.60. The molecule has 12 nitrogen and oxygen atoms in total. The topological polar surface area (TPSA) is 178 Å². The largest absolute Gasteiger partial charge is 0.457 e. The normalized spacial score (nSPS) is 19.4. The number of ether oxygens (including phenoxy) is 4. The first-order valence-corrected chi connectivity index (χ1v) is 29.5. The lowest BCUT2D eigenvalue weighted by molar-refractivity contribution is -0.301. The Bertz CT molecular complexity index is 1280. The zero-order valence-corrected chi connectivity index (χ0v) is 44.3. The zero-order valence-electron chi connectivity index (χ0n) is 43.4. The number of unbranched alkanes of at least 4 members (excludes halogenated alkanes) is 33. The van der Waals surface area contributed by atoms with Crippen LogP contribution < -0.4 is 0 Å². The number of hydrogen-bond donors (Lipinski definition) is 4. The molecule has 1 saturated heterocycles. The molecule has 1 aliphatic heterocycles. The highest BCUT2D eigenvalue weighted by atomic mass is 32.3. The monoisotopic (exact) mass is 989 g/mol. The molecule has 68 heavy (non-hydrogen) atoms. The summed E-state index contributed by atoms with van der Waals surface area (Å²) in [4.78, 5) is 12.9. The lowest BCUT2D eigenvalue weighted by Gasteiger charge is -2.41. The van der Waals surface area contributed by atoms with Crippen molar-refractivity contribution in [2.75, 3.05) is 26.4 Å². The average molecular weight is 989 g/mol. The van der Waals surface area contributed by atoms with Gasteiger partial charge in [-0.3, -0.25) is 9.35 Å². The van der Waals surface area contributed by atoms with Gasteiger partial charge in [0.15, 0.2) is 6.29 Å². The number of carbonyl (C=O) groups is 1. The number of rotatable bonds is 50. The summed E-state index contributed by atoms with van der Waals surface area (Å²) in [6.07, 6.45) is 46.5. The number of aliphatic hydroxyl groups excluding tert-OH is 3. The second-order valence-corrected chi connectivity index (χ2v) is 20.6. The fraction of sp³-hybridized carbons (Fsp3) is 0.909. The first kappa shape index (κ1) is 64.6. The van der Waals surface area contributed by atoms with E-state index in [0.29, 0.717) is 13.0 Å². The van der Waals surface area contributed by atoms with Crippen LogP contribution in [0.4, 0.5) is 0 Å². The summed E-state index contributed by atoms with van der Waals surface area (Å²) in [5, 5.41) is 30.8. The van der Waals surface area contributed by atoms with Crippen LogP contribution in [-0.2, 0) is 38.3 Å². The van der Waals surface area contributed by atoms with Crippen molar-refractivity contribution < 1.29 is 56.2 Å². The minimum absolute atomic E-state index is 0.0375. The third kappa shape index (κ3) is 39.2. The standard InChI is InChI=1S/C55H104O12S/c1-3-5-7-9-11-13-15-17-19-21-22-23-24-25-26-27-29-31-33-35-37-39-41-43-45-63-47-49(48-64-55-53(59)54(67-68(60,61)62)52(58)50(46-56)66-55)65-51(57)44-42-40-38-36-34-32-30-28-20-18-16-14-12-10-8-6-4-2/h12,14,18,20,49-50,52-56,58-59H,3-11,13,15-17,19,21-48H2,1-2H3,(H,60,61,62)/b14-12-,20-18-. The number of esters is 1. The number of hydrogen-bond acceptors (Lipinski definition) is 11. The Morgan fingerprint density at radius 1 is 0.559 bits per heavy atom. The molecule has 4 N–H and O–H groups in total. The molecule has 0 saturated carbocycles. The molecule has 13 heteroatoms. The Morgan fingerprint density at radius 3 is 1.43 bits per heavy atom. The Balaban J connectivity index is 2.29. The minimum atomic E-state index is -5.07. The van der Waals surface area contributed by atoms with Gasteiger partial charge in [0, 0.05) is 13.0 Å². The maximum Gasteiger partial charge on any atom is 0.397 e. The molecule has 402 valence electrons. The molecule has 6 atom stereocenters. The second kappa shape index (κ2) is 46.6. The second-order valence-electron chi connectivity index (χ2n) is 19.5. The predicted molar refractivity (Wildman–Crippen MR) is 276 cm³/mol. The van der Waals surface area contributed by atoms with Gasteiger partial charge < -0.3 is 34.3 Å². The van der Waals surface area contributed by atoms with Crippen LogP contribution in [0.3, 0.4) is 0 Å². The maximum atomic E-state index is 12.9. The third-order valence-electron chi connectivity index (χ3n) is 13.1. The zero-order chi connectivity index (χ0) is 49.6. The molecule has 0 aromatic rings. The molecule has 0 aliphatic carbocycles. The Labute approximate surface area is 416 Å². The molecule has 1 heterocycles. The van der Waals surface area contributed by atoms with Crippen LogP contribution in [0.2, 0.25) is 0 Å². The van der Waals surface area contributed by atoms with Crippen LogP contribution in [0, 0.1) is 0 Å². The molecule has 0 aromatic heterocycles. The van der Waals surface area contributed by atoms with Crippen LogP contribution in [-0.4, -0.2) is 97.5 Å². The van der Waals surface area contributed by atoms with Gasteiger partial charge in [-0.2, -0.15) is 8.42 Å². The van der Waals surface area contributed by atoms with E-state index < -0.39 is 59.8 Å². The van der Waals surface area contributed by atoms with Crippen molar-refractivity contribution in [3.05, 3.63) is 24.3 Å². The van der Waals surface area contributed by atoms with Crippen molar-refractivity contribution in [3.8, 4) is 0 Å². The minimum Gasteiger partial charge on any atom is -0.457 e. The van der Waals surface area contributed by atoms with Gasteiger partial charge in [-0.25, -0.2) is 4.18 Å². The molecule has 0 bridgehead atoms. The van der Waals surface area contributed by atoms with Crippen molar-refractivity contribution in [1.82, 2.24) is 0 Å². The number of aliphatic hydroxyl groups is 3. The predicted octanol–water partition coefficient (Wildman–Crippen LogP) is 13.5. The summed E-state index contributed by atoms with van der Waals surface area (Å²) in [6.45, 7) is 4.01. The van der Waals surface area contributed by atoms with Gasteiger partial charge in [-0.05, 0) is 44.9 Å². The van der Waals surface area contributed by atoms with E-state index in [1.165, 1.54) is 180 Å². The molecule has 1 fully saturated rings. The van der Waals surface area contributed by atoms with Crippen LogP contribution in [0.1, 0.15) is 258 Å². The van der Waals surface area contributed by atoms with Gasteiger partial charge in [-0.1, -0.05) is 231 Å². The molecule has 0 amide bonds. The number of carbonyl (C=O) groups excluding carboxylic acids is 1. The Kier molecular flexibility index (Phi) is 44.3. The van der Waals surface area contributed by atoms with Gasteiger partial charge in [0.1, 0.15) is 30.5 Å². The summed E-state index contributed by atoms with van der Waals surface area (Å²) in [5.74, 6) is -0.402. The highest BCUT2D eigenvalue weighted by molar-refractivity contribution is 7.80. The average Bonchev–Trinajstić information content (AvgIpc) is 3.31. The summed E-state index contributed by atoms with van der Waals surface area (Å²) in [6, 6.07) is 0. The molecule has 1 aliphatic rings. The fourth-order valence-corrected chi connectivity index (χ4v) is 9.33. The van der Waals surface area contributed by atoms with Gasteiger partial charge in [0.05, 0.1) is 19.8 Å². The van der Waals surface area contributed by atoms with Crippen LogP contribution in [0.15, 0.2) is 24.3 Å². The van der Waals surface area contributed by atoms with Gasteiger partial charge in [0.2, 0.25) is 0 Å². The van der Waals surface area contributed by atoms with Gasteiger partial charge in [0.25, 0.3) is 0 Å². The summed E-state index contributed by atoms with van der Waals surface area (Å²) in [7, 11) is -5.07. The van der Waals surface area contributed by atoms with Crippen molar-refractivity contribution in [2.24, 2.45) is 0 Å². The van der Waals surface area contributed by atoms with Gasteiger partial charge in [-0.15, -0.1) is 0 Å². The van der Waals surface area contributed by atoms with E-state index in [1.54, 1.807) is 0 Å². The molecule has 1 rings (SSSR count). The van der Waals surface area contributed by atoms with Crippen LogP contribution >= 0.6 is 0 Å². The van der Waals surface area contributed by atoms with Crippen molar-refractivity contribution in [2.45, 2.75) is 295 Å². The fourth-order valence-electron chi connectivity index (χ4n) is 8.82. The Hall–Kier alpha value is -1.42. The van der Waals surface area contributed by atoms with Gasteiger partial charge >= 0.3 is 16.4 Å². The molecular formula is C55H104O12S. The molecule has 0 spiro atoms. The molecule has 6 unspecified atom stereocenters. The van der Waals surface area contributed by atoms with E-state index in [9.17, 15) is 33.1 Å². The van der Waals surface area contributed by atoms with Crippen molar-refractivity contribution in [3.63, 3.8) is 0 Å². The van der Waals surface area contributed by atoms with E-state index in [-0.39, 0.29) is 19.6 Å².